The van der Waals surface area contributed by atoms with E-state index in [2.05, 4.69) is 15.9 Å². The highest BCUT2D eigenvalue weighted by Gasteiger charge is 2.47. The molecule has 2 aliphatic rings. The van der Waals surface area contributed by atoms with Crippen molar-refractivity contribution in [1.29, 1.82) is 0 Å². The Morgan fingerprint density at radius 3 is 2.70 bits per heavy atom. The molecule has 1 saturated heterocycles. The van der Waals surface area contributed by atoms with E-state index >= 15 is 0 Å². The summed E-state index contributed by atoms with van der Waals surface area (Å²) in [5.74, 6) is 0.884. The Bertz CT molecular complexity index is 125. The molecule has 1 heterocycles. The molecule has 0 radical (unpaired) electrons. The Morgan fingerprint density at radius 1 is 1.50 bits per heavy atom. The topological polar surface area (TPSA) is 9.23 Å². The molecular formula is C8H13BrO. The van der Waals surface area contributed by atoms with Crippen molar-refractivity contribution in [3.05, 3.63) is 0 Å². The molecule has 1 aliphatic carbocycles. The molecule has 1 aliphatic heterocycles. The van der Waals surface area contributed by atoms with Crippen LogP contribution in [0.4, 0.5) is 0 Å². The van der Waals surface area contributed by atoms with Gasteiger partial charge in [0.2, 0.25) is 0 Å². The summed E-state index contributed by atoms with van der Waals surface area (Å²) in [6, 6.07) is 0. The zero-order valence-electron chi connectivity index (χ0n) is 6.11. The summed E-state index contributed by atoms with van der Waals surface area (Å²) in [7, 11) is 0. The molecular weight excluding hydrogens is 192 g/mol. The highest BCUT2D eigenvalue weighted by Crippen LogP contribution is 2.47. The molecule has 0 aromatic rings. The van der Waals surface area contributed by atoms with E-state index in [1.807, 2.05) is 0 Å². The third-order valence-electron chi connectivity index (χ3n) is 2.68. The van der Waals surface area contributed by atoms with E-state index in [1.165, 1.54) is 25.7 Å². The van der Waals surface area contributed by atoms with Gasteiger partial charge < -0.3 is 4.74 Å². The van der Waals surface area contributed by atoms with Gasteiger partial charge in [-0.3, -0.25) is 0 Å². The maximum Gasteiger partial charge on any atom is 0.0807 e. The number of hydrogen-bond acceptors (Lipinski definition) is 1. The third-order valence-corrected chi connectivity index (χ3v) is 3.63. The van der Waals surface area contributed by atoms with Crippen LogP contribution in [-0.4, -0.2) is 17.5 Å². The second kappa shape index (κ2) is 2.49. The average molecular weight is 205 g/mol. The van der Waals surface area contributed by atoms with Crippen LogP contribution in [0, 0.1) is 5.92 Å². The highest BCUT2D eigenvalue weighted by atomic mass is 79.9. The summed E-state index contributed by atoms with van der Waals surface area (Å²) >= 11 is 3.55. The van der Waals surface area contributed by atoms with Crippen molar-refractivity contribution in [1.82, 2.24) is 0 Å². The van der Waals surface area contributed by atoms with Crippen molar-refractivity contribution >= 4 is 15.9 Å². The normalized spacial score (nSPS) is 40.5. The number of halogens is 1. The summed E-state index contributed by atoms with van der Waals surface area (Å²) in [5.41, 5.74) is 0.264. The number of alkyl halides is 1. The summed E-state index contributed by atoms with van der Waals surface area (Å²) < 4.78 is 5.77. The fourth-order valence-corrected chi connectivity index (χ4v) is 2.76. The third kappa shape index (κ3) is 1.02. The summed E-state index contributed by atoms with van der Waals surface area (Å²) in [6.07, 6.45) is 5.34. The molecule has 10 heavy (non-hydrogen) atoms. The van der Waals surface area contributed by atoms with E-state index in [1.54, 1.807) is 0 Å². The predicted molar refractivity (Wildman–Crippen MR) is 44.4 cm³/mol. The Labute approximate surface area is 70.3 Å². The largest absolute Gasteiger partial charge is 0.374 e. The number of hydrogen-bond donors (Lipinski definition) is 0. The Hall–Kier alpha value is 0.440. The smallest absolute Gasteiger partial charge is 0.0807 e. The Morgan fingerprint density at radius 2 is 2.30 bits per heavy atom. The summed E-state index contributed by atoms with van der Waals surface area (Å²) in [4.78, 5) is 0. The first kappa shape index (κ1) is 7.11. The molecule has 1 atom stereocenters. The van der Waals surface area contributed by atoms with Crippen LogP contribution in [0.5, 0.6) is 0 Å². The molecule has 2 fully saturated rings. The van der Waals surface area contributed by atoms with E-state index < -0.39 is 0 Å². The van der Waals surface area contributed by atoms with Gasteiger partial charge in [0.25, 0.3) is 0 Å². The van der Waals surface area contributed by atoms with Gasteiger partial charge in [0, 0.05) is 11.9 Å². The van der Waals surface area contributed by atoms with Crippen LogP contribution in [0.1, 0.15) is 25.7 Å². The molecule has 0 aromatic carbocycles. The first-order valence-electron chi connectivity index (χ1n) is 4.07. The monoisotopic (exact) mass is 204 g/mol. The van der Waals surface area contributed by atoms with E-state index in [-0.39, 0.29) is 5.60 Å². The van der Waals surface area contributed by atoms with Crippen molar-refractivity contribution < 1.29 is 4.74 Å². The highest BCUT2D eigenvalue weighted by molar-refractivity contribution is 9.09. The molecule has 1 saturated carbocycles. The lowest BCUT2D eigenvalue weighted by Crippen LogP contribution is -2.32. The van der Waals surface area contributed by atoms with Crippen molar-refractivity contribution in [2.75, 3.05) is 11.9 Å². The van der Waals surface area contributed by atoms with Crippen LogP contribution in [0.25, 0.3) is 0 Å². The summed E-state index contributed by atoms with van der Waals surface area (Å²) in [5, 5.41) is 1.05. The van der Waals surface area contributed by atoms with E-state index in [4.69, 9.17) is 4.74 Å². The fourth-order valence-electron chi connectivity index (χ4n) is 1.86. The van der Waals surface area contributed by atoms with Crippen LogP contribution < -0.4 is 0 Å². The molecule has 1 nitrogen and oxygen atoms in total. The predicted octanol–water partition coefficient (Wildman–Crippen LogP) is 2.34. The molecule has 0 bridgehead atoms. The second-order valence-electron chi connectivity index (χ2n) is 3.42. The molecule has 58 valence electrons. The van der Waals surface area contributed by atoms with Gasteiger partial charge in [0.05, 0.1) is 5.60 Å². The first-order valence-corrected chi connectivity index (χ1v) is 5.19. The fraction of sp³-hybridized carbons (Fsp3) is 1.00. The van der Waals surface area contributed by atoms with Crippen LogP contribution in [0.3, 0.4) is 0 Å². The molecule has 0 N–H and O–H groups in total. The van der Waals surface area contributed by atoms with Crippen LogP contribution in [-0.2, 0) is 4.74 Å². The minimum Gasteiger partial charge on any atom is -0.374 e. The van der Waals surface area contributed by atoms with Crippen LogP contribution in [0.2, 0.25) is 0 Å². The van der Waals surface area contributed by atoms with E-state index in [9.17, 15) is 0 Å². The van der Waals surface area contributed by atoms with Gasteiger partial charge in [-0.15, -0.1) is 0 Å². The first-order chi connectivity index (χ1) is 4.87. The van der Waals surface area contributed by atoms with Gasteiger partial charge in [-0.2, -0.15) is 0 Å². The van der Waals surface area contributed by atoms with E-state index in [0.29, 0.717) is 0 Å². The zero-order chi connectivity index (χ0) is 7.03. The maximum absolute atomic E-state index is 5.77. The van der Waals surface area contributed by atoms with Gasteiger partial charge in [-0.25, -0.2) is 0 Å². The quantitative estimate of drug-likeness (QED) is 0.628. The number of rotatable bonds is 2. The Balaban J connectivity index is 2.04. The molecule has 1 unspecified atom stereocenters. The van der Waals surface area contributed by atoms with Crippen molar-refractivity contribution in [3.8, 4) is 0 Å². The van der Waals surface area contributed by atoms with Crippen molar-refractivity contribution in [2.24, 2.45) is 5.92 Å². The molecule has 0 aromatic heterocycles. The van der Waals surface area contributed by atoms with Gasteiger partial charge in [-0.05, 0) is 31.6 Å². The lowest BCUT2D eigenvalue weighted by Gasteiger charge is -2.25. The van der Waals surface area contributed by atoms with Gasteiger partial charge in [0.15, 0.2) is 0 Å². The van der Waals surface area contributed by atoms with Gasteiger partial charge >= 0.3 is 0 Å². The minimum absolute atomic E-state index is 0.264. The van der Waals surface area contributed by atoms with Crippen LogP contribution in [0.15, 0.2) is 0 Å². The Kier molecular flexibility index (Phi) is 1.77. The summed E-state index contributed by atoms with van der Waals surface area (Å²) in [6.45, 7) is 0.988. The van der Waals surface area contributed by atoms with E-state index in [0.717, 1.165) is 17.9 Å². The number of ether oxygens (including phenoxy) is 1. The molecule has 2 heteroatoms. The standard InChI is InChI=1S/C8H13BrO/c9-6-8(7-2-3-7)4-1-5-10-8/h7H,1-6H2. The maximum atomic E-state index is 5.77. The molecule has 2 rings (SSSR count). The lowest BCUT2D eigenvalue weighted by molar-refractivity contribution is 0.00696. The van der Waals surface area contributed by atoms with Crippen molar-refractivity contribution in [2.45, 2.75) is 31.3 Å². The molecule has 0 spiro atoms. The van der Waals surface area contributed by atoms with Gasteiger partial charge in [-0.1, -0.05) is 15.9 Å². The zero-order valence-corrected chi connectivity index (χ0v) is 7.69. The van der Waals surface area contributed by atoms with Crippen molar-refractivity contribution in [3.63, 3.8) is 0 Å². The average Bonchev–Trinajstić information content (AvgIpc) is 2.71. The minimum atomic E-state index is 0.264. The molecule has 0 amide bonds. The lowest BCUT2D eigenvalue weighted by atomic mass is 9.97. The van der Waals surface area contributed by atoms with Gasteiger partial charge in [0.1, 0.15) is 0 Å². The second-order valence-corrected chi connectivity index (χ2v) is 3.99. The SMILES string of the molecule is BrCC1(C2CC2)CCCO1. The van der Waals surface area contributed by atoms with Crippen LogP contribution >= 0.6 is 15.9 Å².